The highest BCUT2D eigenvalue weighted by atomic mass is 16.5. The molecule has 1 fully saturated rings. The fourth-order valence-electron chi connectivity index (χ4n) is 3.34. The molecule has 4 amide bonds. The Bertz CT molecular complexity index is 1030. The van der Waals surface area contributed by atoms with E-state index in [1.54, 1.807) is 62.6 Å². The molecule has 8 nitrogen and oxygen atoms in total. The zero-order valence-electron chi connectivity index (χ0n) is 18.6. The van der Waals surface area contributed by atoms with E-state index < -0.39 is 29.4 Å². The third-order valence-electron chi connectivity index (χ3n) is 5.26. The summed E-state index contributed by atoms with van der Waals surface area (Å²) < 4.78 is 10.7. The van der Waals surface area contributed by atoms with Crippen LogP contribution >= 0.6 is 0 Å². The smallest absolute Gasteiger partial charge is 0.326 e. The number of methoxy groups -OCH3 is 1. The van der Waals surface area contributed by atoms with Crippen LogP contribution in [0, 0.1) is 0 Å². The van der Waals surface area contributed by atoms with E-state index in [0.29, 0.717) is 29.4 Å². The quantitative estimate of drug-likeness (QED) is 0.487. The second-order valence-corrected chi connectivity index (χ2v) is 7.89. The molecule has 0 radical (unpaired) electrons. The summed E-state index contributed by atoms with van der Waals surface area (Å²) in [5.74, 6) is 0.292. The van der Waals surface area contributed by atoms with Crippen molar-refractivity contribution in [3.8, 4) is 11.5 Å². The predicted molar refractivity (Wildman–Crippen MR) is 121 cm³/mol. The summed E-state index contributed by atoms with van der Waals surface area (Å²) in [5.41, 5.74) is 0.710. The summed E-state index contributed by atoms with van der Waals surface area (Å²) in [6.45, 7) is 9.17. The molecule has 2 atom stereocenters. The molecule has 2 aromatic rings. The van der Waals surface area contributed by atoms with E-state index in [-0.39, 0.29) is 0 Å². The number of hydrogen-bond acceptors (Lipinski definition) is 5. The molecule has 32 heavy (non-hydrogen) atoms. The molecule has 168 valence electrons. The van der Waals surface area contributed by atoms with Gasteiger partial charge in [0, 0.05) is 5.69 Å². The van der Waals surface area contributed by atoms with Gasteiger partial charge in [-0.25, -0.2) is 9.69 Å². The number of benzene rings is 2. The average Bonchev–Trinajstić information content (AvgIpc) is 3.01. The molecule has 0 aromatic heterocycles. The van der Waals surface area contributed by atoms with Crippen molar-refractivity contribution in [1.29, 1.82) is 0 Å². The molecular weight excluding hydrogens is 410 g/mol. The summed E-state index contributed by atoms with van der Waals surface area (Å²) in [7, 11) is 1.55. The Labute approximate surface area is 187 Å². The Kier molecular flexibility index (Phi) is 6.53. The molecule has 0 spiro atoms. The van der Waals surface area contributed by atoms with Crippen molar-refractivity contribution < 1.29 is 23.9 Å². The Hall–Kier alpha value is -3.81. The highest BCUT2D eigenvalue weighted by molar-refractivity contribution is 6.11. The minimum absolute atomic E-state index is 0.390. The van der Waals surface area contributed by atoms with Gasteiger partial charge in [0.05, 0.1) is 7.11 Å². The molecule has 2 N–H and O–H groups in total. The van der Waals surface area contributed by atoms with E-state index in [4.69, 9.17) is 9.47 Å². The number of amides is 4. The van der Waals surface area contributed by atoms with Gasteiger partial charge < -0.3 is 20.1 Å². The Balaban J connectivity index is 1.73. The largest absolute Gasteiger partial charge is 0.497 e. The van der Waals surface area contributed by atoms with Gasteiger partial charge >= 0.3 is 6.03 Å². The van der Waals surface area contributed by atoms with Gasteiger partial charge in [-0.05, 0) is 68.3 Å². The number of rotatable bonds is 8. The van der Waals surface area contributed by atoms with E-state index in [1.165, 1.54) is 6.92 Å². The molecule has 1 saturated heterocycles. The number of anilines is 1. The second kappa shape index (κ2) is 9.13. The van der Waals surface area contributed by atoms with Gasteiger partial charge in [0.1, 0.15) is 29.7 Å². The maximum Gasteiger partial charge on any atom is 0.326 e. The van der Waals surface area contributed by atoms with Crippen LogP contribution in [-0.2, 0) is 15.1 Å². The summed E-state index contributed by atoms with van der Waals surface area (Å²) in [6.07, 6.45) is 0. The summed E-state index contributed by atoms with van der Waals surface area (Å²) in [5, 5.41) is 5.43. The standard InChI is InChI=1S/C24H27N3O5/c1-15(2)14-32-20-10-6-17(7-11-20)24(4)22(29)27(23(30)26-24)16(3)21(28)25-18-8-12-19(31-5)13-9-18/h6-13,16H,1,14H2,2-5H3,(H,25,28)(H,26,30). The molecule has 2 aromatic carbocycles. The molecule has 0 bridgehead atoms. The van der Waals surface area contributed by atoms with Crippen molar-refractivity contribution in [2.75, 3.05) is 19.0 Å². The normalized spacial score (nSPS) is 18.7. The van der Waals surface area contributed by atoms with Gasteiger partial charge in [0.15, 0.2) is 0 Å². The molecule has 1 aliphatic heterocycles. The van der Waals surface area contributed by atoms with E-state index in [0.717, 1.165) is 10.5 Å². The van der Waals surface area contributed by atoms with Crippen LogP contribution in [0.2, 0.25) is 0 Å². The lowest BCUT2D eigenvalue weighted by Gasteiger charge is -2.24. The van der Waals surface area contributed by atoms with Gasteiger partial charge in [-0.3, -0.25) is 9.59 Å². The highest BCUT2D eigenvalue weighted by Crippen LogP contribution is 2.31. The summed E-state index contributed by atoms with van der Waals surface area (Å²) >= 11 is 0. The third kappa shape index (κ3) is 4.59. The van der Waals surface area contributed by atoms with E-state index in [2.05, 4.69) is 17.2 Å². The van der Waals surface area contributed by atoms with Crippen LogP contribution in [0.1, 0.15) is 26.3 Å². The van der Waals surface area contributed by atoms with Crippen molar-refractivity contribution in [2.24, 2.45) is 0 Å². The van der Waals surface area contributed by atoms with Crippen molar-refractivity contribution in [2.45, 2.75) is 32.4 Å². The molecule has 2 unspecified atom stereocenters. The maximum absolute atomic E-state index is 13.2. The lowest BCUT2D eigenvalue weighted by molar-refractivity contribution is -0.136. The van der Waals surface area contributed by atoms with Crippen LogP contribution in [0.15, 0.2) is 60.7 Å². The Morgan fingerprint density at radius 2 is 1.72 bits per heavy atom. The van der Waals surface area contributed by atoms with Crippen LogP contribution < -0.4 is 20.1 Å². The topological polar surface area (TPSA) is 97.0 Å². The van der Waals surface area contributed by atoms with Crippen molar-refractivity contribution in [3.05, 3.63) is 66.2 Å². The summed E-state index contributed by atoms with van der Waals surface area (Å²) in [6, 6.07) is 12.0. The Morgan fingerprint density at radius 3 is 2.28 bits per heavy atom. The number of hydrogen-bond donors (Lipinski definition) is 2. The SMILES string of the molecule is C=C(C)COc1ccc(C2(C)NC(=O)N(C(C)C(=O)Nc3ccc(OC)cc3)C2=O)cc1. The van der Waals surface area contributed by atoms with Crippen molar-refractivity contribution in [3.63, 3.8) is 0 Å². The van der Waals surface area contributed by atoms with E-state index in [1.807, 2.05) is 6.92 Å². The second-order valence-electron chi connectivity index (χ2n) is 7.89. The first kappa shape index (κ1) is 22.9. The van der Waals surface area contributed by atoms with Gasteiger partial charge in [-0.1, -0.05) is 18.7 Å². The molecule has 0 aliphatic carbocycles. The van der Waals surface area contributed by atoms with Gasteiger partial charge in [0.25, 0.3) is 5.91 Å². The lowest BCUT2D eigenvalue weighted by Crippen LogP contribution is -2.47. The highest BCUT2D eigenvalue weighted by Gasteiger charge is 2.51. The maximum atomic E-state index is 13.2. The number of carbonyl (C=O) groups excluding carboxylic acids is 3. The summed E-state index contributed by atoms with van der Waals surface area (Å²) in [4.78, 5) is 39.6. The molecule has 1 heterocycles. The fourth-order valence-corrected chi connectivity index (χ4v) is 3.34. The molecule has 8 heteroatoms. The van der Waals surface area contributed by atoms with Gasteiger partial charge in [-0.15, -0.1) is 0 Å². The van der Waals surface area contributed by atoms with Crippen LogP contribution in [0.4, 0.5) is 10.5 Å². The minimum atomic E-state index is -1.29. The molecule has 0 saturated carbocycles. The number of urea groups is 1. The monoisotopic (exact) mass is 437 g/mol. The minimum Gasteiger partial charge on any atom is -0.497 e. The first-order valence-electron chi connectivity index (χ1n) is 10.1. The predicted octanol–water partition coefficient (Wildman–Crippen LogP) is 3.44. The van der Waals surface area contributed by atoms with E-state index in [9.17, 15) is 14.4 Å². The number of nitrogens with one attached hydrogen (secondary N) is 2. The van der Waals surface area contributed by atoms with Crippen molar-refractivity contribution in [1.82, 2.24) is 10.2 Å². The van der Waals surface area contributed by atoms with Crippen LogP contribution in [0.25, 0.3) is 0 Å². The lowest BCUT2D eigenvalue weighted by atomic mass is 9.91. The van der Waals surface area contributed by atoms with Crippen LogP contribution in [-0.4, -0.2) is 42.5 Å². The molecular formula is C24H27N3O5. The Morgan fingerprint density at radius 1 is 1.12 bits per heavy atom. The fraction of sp³-hybridized carbons (Fsp3) is 0.292. The molecule has 3 rings (SSSR count). The van der Waals surface area contributed by atoms with Crippen LogP contribution in [0.3, 0.4) is 0 Å². The molecule has 1 aliphatic rings. The van der Waals surface area contributed by atoms with Crippen LogP contribution in [0.5, 0.6) is 11.5 Å². The first-order chi connectivity index (χ1) is 15.2. The zero-order valence-corrected chi connectivity index (χ0v) is 18.6. The first-order valence-corrected chi connectivity index (χ1v) is 10.1. The van der Waals surface area contributed by atoms with Gasteiger partial charge in [-0.2, -0.15) is 0 Å². The number of ether oxygens (including phenoxy) is 2. The average molecular weight is 437 g/mol. The number of carbonyl (C=O) groups is 3. The number of imide groups is 1. The number of nitrogens with zero attached hydrogens (tertiary/aromatic N) is 1. The van der Waals surface area contributed by atoms with Crippen molar-refractivity contribution >= 4 is 23.5 Å². The van der Waals surface area contributed by atoms with E-state index >= 15 is 0 Å². The zero-order chi connectivity index (χ0) is 23.5. The van der Waals surface area contributed by atoms with Gasteiger partial charge in [0.2, 0.25) is 5.91 Å². The third-order valence-corrected chi connectivity index (χ3v) is 5.26.